The molecule has 3 heterocycles. The third-order valence-corrected chi connectivity index (χ3v) is 6.60. The van der Waals surface area contributed by atoms with Crippen molar-refractivity contribution in [2.45, 2.75) is 64.0 Å². The van der Waals surface area contributed by atoms with E-state index in [9.17, 15) is 9.18 Å². The van der Waals surface area contributed by atoms with Gasteiger partial charge in [0.2, 0.25) is 5.88 Å². The molecule has 0 radical (unpaired) electrons. The van der Waals surface area contributed by atoms with Gasteiger partial charge in [-0.15, -0.1) is 0 Å². The number of rotatable bonds is 5. The van der Waals surface area contributed by atoms with E-state index < -0.39 is 11.6 Å². The van der Waals surface area contributed by atoms with Crippen molar-refractivity contribution in [1.82, 2.24) is 14.9 Å². The minimum absolute atomic E-state index is 0.00681. The van der Waals surface area contributed by atoms with Crippen molar-refractivity contribution < 1.29 is 27.1 Å². The van der Waals surface area contributed by atoms with Gasteiger partial charge in [0, 0.05) is 18.1 Å². The molecule has 0 spiro atoms. The van der Waals surface area contributed by atoms with Gasteiger partial charge in [0.05, 0.1) is 36.5 Å². The number of amides is 1. The molecule has 1 aromatic heterocycles. The van der Waals surface area contributed by atoms with Gasteiger partial charge in [-0.2, -0.15) is 8.42 Å². The SMILES string of the molecule is Cc1ccc(Nc2ncnc(OC3CC4COCC(C3)N4C(=O)SC(C)C)c2C)c(F)c1.O=S=O. The van der Waals surface area contributed by atoms with Crippen LogP contribution >= 0.6 is 11.8 Å². The van der Waals surface area contributed by atoms with E-state index >= 15 is 0 Å². The van der Waals surface area contributed by atoms with Crippen LogP contribution in [-0.4, -0.2) is 65.2 Å². The Hall–Kier alpha value is -2.57. The smallest absolute Gasteiger partial charge is 0.335 e. The number of carbonyl (C=O) groups excluding carboxylic acids is 1. The van der Waals surface area contributed by atoms with Gasteiger partial charge in [-0.25, -0.2) is 14.4 Å². The van der Waals surface area contributed by atoms with Gasteiger partial charge >= 0.3 is 11.6 Å². The lowest BCUT2D eigenvalue weighted by Gasteiger charge is -2.48. The Morgan fingerprint density at radius 2 is 1.86 bits per heavy atom. The van der Waals surface area contributed by atoms with Crippen molar-refractivity contribution in [2.75, 3.05) is 18.5 Å². The Labute approximate surface area is 211 Å². The summed E-state index contributed by atoms with van der Waals surface area (Å²) in [5.74, 6) is 0.632. The molecule has 2 unspecified atom stereocenters. The molecule has 4 rings (SSSR count). The minimum Gasteiger partial charge on any atom is -0.474 e. The van der Waals surface area contributed by atoms with E-state index in [1.54, 1.807) is 6.07 Å². The molecule has 2 aliphatic rings. The average molecular weight is 525 g/mol. The molecule has 1 N–H and O–H groups in total. The molecule has 190 valence electrons. The van der Waals surface area contributed by atoms with Crippen molar-refractivity contribution in [3.05, 3.63) is 41.5 Å². The van der Waals surface area contributed by atoms with Crippen molar-refractivity contribution in [1.29, 1.82) is 0 Å². The molecular formula is C23H29FN4O5S2. The lowest BCUT2D eigenvalue weighted by Crippen LogP contribution is -2.60. The van der Waals surface area contributed by atoms with Gasteiger partial charge in [0.25, 0.3) is 5.24 Å². The number of aromatic nitrogens is 2. The summed E-state index contributed by atoms with van der Waals surface area (Å²) in [5, 5.41) is 3.40. The van der Waals surface area contributed by atoms with E-state index in [1.807, 2.05) is 38.7 Å². The quantitative estimate of drug-likeness (QED) is 0.616. The lowest BCUT2D eigenvalue weighted by atomic mass is 9.92. The van der Waals surface area contributed by atoms with Gasteiger partial charge in [-0.05, 0) is 31.5 Å². The van der Waals surface area contributed by atoms with E-state index in [2.05, 4.69) is 15.3 Å². The Morgan fingerprint density at radius 1 is 1.20 bits per heavy atom. The van der Waals surface area contributed by atoms with Crippen molar-refractivity contribution in [3.8, 4) is 5.88 Å². The van der Waals surface area contributed by atoms with E-state index in [4.69, 9.17) is 17.9 Å². The van der Waals surface area contributed by atoms with Crippen LogP contribution in [-0.2, 0) is 16.3 Å². The minimum atomic E-state index is -0.750. The van der Waals surface area contributed by atoms with E-state index in [1.165, 1.54) is 24.2 Å². The number of aryl methyl sites for hydroxylation is 1. The summed E-state index contributed by atoms with van der Waals surface area (Å²) in [4.78, 5) is 23.3. The molecule has 0 saturated carbocycles. The van der Waals surface area contributed by atoms with Gasteiger partial charge < -0.3 is 19.7 Å². The fourth-order valence-electron chi connectivity index (χ4n) is 4.21. The molecule has 9 nitrogen and oxygen atoms in total. The number of anilines is 2. The summed E-state index contributed by atoms with van der Waals surface area (Å²) in [7, 11) is 0. The van der Waals surface area contributed by atoms with Gasteiger partial charge in [0.15, 0.2) is 0 Å². The molecule has 2 aromatic rings. The van der Waals surface area contributed by atoms with Crippen molar-refractivity contribution in [2.24, 2.45) is 0 Å². The standard InChI is InChI=1S/C23H29FN4O3S.O2S/c1-13(2)32-23(29)28-16-8-18(9-17(28)11-30-10-16)31-22-15(4)21(25-12-26-22)27-20-6-5-14(3)7-19(20)24;1-3-2/h5-7,12-13,16-18H,8-11H2,1-4H3,(H,25,26,27);. The number of fused-ring (bicyclic) bond motifs is 2. The number of morpholine rings is 1. The molecule has 2 atom stereocenters. The summed E-state index contributed by atoms with van der Waals surface area (Å²) in [6, 6.07) is 4.99. The Kier molecular flexibility index (Phi) is 9.58. The molecule has 2 fully saturated rings. The zero-order valence-electron chi connectivity index (χ0n) is 20.0. The third-order valence-electron chi connectivity index (χ3n) is 5.72. The first-order valence-corrected chi connectivity index (χ1v) is 12.8. The van der Waals surface area contributed by atoms with Crippen LogP contribution in [0, 0.1) is 19.7 Å². The fraction of sp³-hybridized carbons (Fsp3) is 0.522. The highest BCUT2D eigenvalue weighted by Crippen LogP contribution is 2.34. The summed E-state index contributed by atoms with van der Waals surface area (Å²) < 4.78 is 42.8. The van der Waals surface area contributed by atoms with Crippen molar-refractivity contribution >= 4 is 40.1 Å². The highest BCUT2D eigenvalue weighted by atomic mass is 32.2. The molecule has 1 amide bonds. The fourth-order valence-corrected chi connectivity index (χ4v) is 5.03. The first kappa shape index (κ1) is 27.0. The normalized spacial score (nSPS) is 21.1. The van der Waals surface area contributed by atoms with Crippen LogP contribution < -0.4 is 10.1 Å². The topological polar surface area (TPSA) is 111 Å². The third kappa shape index (κ3) is 6.98. The molecule has 2 bridgehead atoms. The predicted octanol–water partition coefficient (Wildman–Crippen LogP) is 4.18. The van der Waals surface area contributed by atoms with Crippen molar-refractivity contribution in [3.63, 3.8) is 0 Å². The molecule has 1 aromatic carbocycles. The van der Waals surface area contributed by atoms with Crippen LogP contribution in [0.25, 0.3) is 0 Å². The van der Waals surface area contributed by atoms with Crippen LogP contribution in [0.5, 0.6) is 5.88 Å². The Balaban J connectivity index is 0.00000108. The predicted molar refractivity (Wildman–Crippen MR) is 132 cm³/mol. The van der Waals surface area contributed by atoms with Crippen LogP contribution in [0.2, 0.25) is 0 Å². The number of hydrogen-bond acceptors (Lipinski definition) is 9. The number of nitrogens with zero attached hydrogens (tertiary/aromatic N) is 3. The summed E-state index contributed by atoms with van der Waals surface area (Å²) in [6.45, 7) is 8.78. The highest BCUT2D eigenvalue weighted by Gasteiger charge is 2.43. The van der Waals surface area contributed by atoms with Crippen LogP contribution in [0.4, 0.5) is 20.7 Å². The summed E-state index contributed by atoms with van der Waals surface area (Å²) in [6.07, 6.45) is 2.69. The highest BCUT2D eigenvalue weighted by molar-refractivity contribution is 8.14. The Bertz CT molecular complexity index is 1070. The second-order valence-corrected chi connectivity index (χ2v) is 10.4. The van der Waals surface area contributed by atoms with E-state index in [0.29, 0.717) is 49.0 Å². The van der Waals surface area contributed by atoms with E-state index in [-0.39, 0.29) is 34.5 Å². The van der Waals surface area contributed by atoms with Gasteiger partial charge in [-0.1, -0.05) is 31.7 Å². The average Bonchev–Trinajstić information content (AvgIpc) is 2.77. The maximum Gasteiger partial charge on any atom is 0.335 e. The zero-order valence-corrected chi connectivity index (χ0v) is 21.7. The molecule has 35 heavy (non-hydrogen) atoms. The number of thioether (sulfide) groups is 1. The number of ether oxygens (including phenoxy) is 2. The largest absolute Gasteiger partial charge is 0.474 e. The first-order chi connectivity index (χ1) is 16.7. The lowest BCUT2D eigenvalue weighted by molar-refractivity contribution is -0.0738. The monoisotopic (exact) mass is 524 g/mol. The number of carbonyl (C=O) groups is 1. The number of nitrogens with one attached hydrogen (secondary N) is 1. The Morgan fingerprint density at radius 3 is 2.46 bits per heavy atom. The van der Waals surface area contributed by atoms with Crippen LogP contribution in [0.1, 0.15) is 37.8 Å². The number of piperidine rings is 1. The zero-order chi connectivity index (χ0) is 25.5. The van der Waals surface area contributed by atoms with Gasteiger partial charge in [0.1, 0.15) is 24.1 Å². The molecule has 2 saturated heterocycles. The molecular weight excluding hydrogens is 495 g/mol. The summed E-state index contributed by atoms with van der Waals surface area (Å²) in [5.41, 5.74) is 1.91. The molecule has 0 aliphatic carbocycles. The molecule has 12 heteroatoms. The first-order valence-electron chi connectivity index (χ1n) is 11.2. The second-order valence-electron chi connectivity index (χ2n) is 8.72. The number of halogens is 1. The van der Waals surface area contributed by atoms with Crippen LogP contribution in [0.15, 0.2) is 24.5 Å². The maximum atomic E-state index is 14.3. The van der Waals surface area contributed by atoms with Gasteiger partial charge in [-0.3, -0.25) is 4.79 Å². The number of hydrogen-bond donors (Lipinski definition) is 1. The maximum absolute atomic E-state index is 14.3. The second kappa shape index (κ2) is 12.4. The van der Waals surface area contributed by atoms with E-state index in [0.717, 1.165) is 5.56 Å². The summed E-state index contributed by atoms with van der Waals surface area (Å²) >= 11 is 0.611. The number of benzene rings is 1. The van der Waals surface area contributed by atoms with Crippen LogP contribution in [0.3, 0.4) is 0 Å². The molecule has 2 aliphatic heterocycles.